The number of nitrogens with two attached hydrogens (primary N) is 1. The molecule has 0 amide bonds. The number of H-pyrrole nitrogens is 1. The predicted molar refractivity (Wildman–Crippen MR) is 95.2 cm³/mol. The summed E-state index contributed by atoms with van der Waals surface area (Å²) < 4.78 is 13.6. The van der Waals surface area contributed by atoms with Gasteiger partial charge >= 0.3 is 0 Å². The fourth-order valence-corrected chi connectivity index (χ4v) is 2.77. The molecule has 23 heavy (non-hydrogen) atoms. The fraction of sp³-hybridized carbons (Fsp3) is 0.0588. The molecule has 3 N–H and O–H groups in total. The van der Waals surface area contributed by atoms with Crippen LogP contribution >= 0.6 is 11.8 Å². The Labute approximate surface area is 137 Å². The minimum absolute atomic E-state index is 0.264. The molecule has 0 spiro atoms. The summed E-state index contributed by atoms with van der Waals surface area (Å²) in [5.74, 6) is 0.475. The van der Waals surface area contributed by atoms with Gasteiger partial charge in [-0.05, 0) is 23.8 Å². The van der Waals surface area contributed by atoms with Gasteiger partial charge in [-0.3, -0.25) is 0 Å². The van der Waals surface area contributed by atoms with Crippen LogP contribution in [0.3, 0.4) is 0 Å². The molecule has 6 heteroatoms. The number of halogens is 1. The number of rotatable bonds is 4. The number of nitrogens with one attached hydrogen (secondary N) is 1. The van der Waals surface area contributed by atoms with Gasteiger partial charge in [-0.2, -0.15) is 5.10 Å². The predicted octanol–water partition coefficient (Wildman–Crippen LogP) is 3.89. The molecular formula is C17H15FN4S. The molecule has 0 aliphatic rings. The molecule has 0 radical (unpaired) electrons. The van der Waals surface area contributed by atoms with Crippen molar-refractivity contribution in [3.05, 3.63) is 71.7 Å². The number of hydrogen-bond donors (Lipinski definition) is 2. The Hall–Kier alpha value is -2.60. The molecule has 2 aromatic carbocycles. The van der Waals surface area contributed by atoms with Gasteiger partial charge in [-0.15, -0.1) is 5.10 Å². The van der Waals surface area contributed by atoms with E-state index in [-0.39, 0.29) is 5.82 Å². The lowest BCUT2D eigenvalue weighted by atomic mass is 10.1. The Morgan fingerprint density at radius 3 is 2.83 bits per heavy atom. The van der Waals surface area contributed by atoms with E-state index < -0.39 is 0 Å². The van der Waals surface area contributed by atoms with Crippen LogP contribution in [-0.4, -0.2) is 16.4 Å². The lowest BCUT2D eigenvalue weighted by Crippen LogP contribution is -2.06. The molecule has 1 heterocycles. The Kier molecular flexibility index (Phi) is 4.73. The topological polar surface area (TPSA) is 66.5 Å². The Morgan fingerprint density at radius 1 is 1.17 bits per heavy atom. The number of nitrogens with zero attached hydrogens (tertiary/aromatic N) is 2. The minimum Gasteiger partial charge on any atom is -0.377 e. The zero-order valence-electron chi connectivity index (χ0n) is 12.2. The van der Waals surface area contributed by atoms with Crippen molar-refractivity contribution in [2.45, 2.75) is 5.75 Å². The van der Waals surface area contributed by atoms with E-state index in [1.165, 1.54) is 23.4 Å². The van der Waals surface area contributed by atoms with Crippen molar-refractivity contribution < 1.29 is 4.39 Å². The van der Waals surface area contributed by atoms with E-state index in [0.29, 0.717) is 16.1 Å². The van der Waals surface area contributed by atoms with Gasteiger partial charge in [-0.25, -0.2) is 4.39 Å². The molecule has 3 rings (SSSR count). The van der Waals surface area contributed by atoms with Crippen molar-refractivity contribution in [1.82, 2.24) is 4.98 Å². The van der Waals surface area contributed by atoms with Crippen LogP contribution in [0, 0.1) is 5.82 Å². The first-order chi connectivity index (χ1) is 11.2. The number of aromatic nitrogens is 1. The van der Waals surface area contributed by atoms with E-state index in [1.807, 2.05) is 30.3 Å². The second kappa shape index (κ2) is 7.11. The van der Waals surface area contributed by atoms with E-state index in [1.54, 1.807) is 24.5 Å². The van der Waals surface area contributed by atoms with Crippen LogP contribution in [-0.2, 0) is 5.75 Å². The molecule has 3 aromatic rings. The summed E-state index contributed by atoms with van der Waals surface area (Å²) in [6.45, 7) is 0. The molecule has 0 aliphatic heterocycles. The van der Waals surface area contributed by atoms with Crippen LogP contribution in [0.2, 0.25) is 0 Å². The molecule has 116 valence electrons. The van der Waals surface area contributed by atoms with Crippen molar-refractivity contribution in [3.8, 4) is 0 Å². The van der Waals surface area contributed by atoms with E-state index >= 15 is 0 Å². The molecule has 1 aromatic heterocycles. The molecule has 0 saturated carbocycles. The summed E-state index contributed by atoms with van der Waals surface area (Å²) in [5, 5.41) is 8.87. The third kappa shape index (κ3) is 3.78. The van der Waals surface area contributed by atoms with Crippen molar-refractivity contribution in [1.29, 1.82) is 0 Å². The van der Waals surface area contributed by atoms with Crippen molar-refractivity contribution in [2.75, 3.05) is 0 Å². The average Bonchev–Trinajstić information content (AvgIpc) is 3.07. The van der Waals surface area contributed by atoms with Gasteiger partial charge in [0.15, 0.2) is 5.17 Å². The van der Waals surface area contributed by atoms with Crippen LogP contribution in [0.15, 0.2) is 64.9 Å². The van der Waals surface area contributed by atoms with Crippen molar-refractivity contribution in [2.24, 2.45) is 15.9 Å². The quantitative estimate of drug-likeness (QED) is 0.434. The average molecular weight is 326 g/mol. The molecule has 0 bridgehead atoms. The number of hydrogen-bond acceptors (Lipinski definition) is 3. The van der Waals surface area contributed by atoms with Crippen LogP contribution in [0.25, 0.3) is 10.9 Å². The summed E-state index contributed by atoms with van der Waals surface area (Å²) in [6, 6.07) is 14.8. The first-order valence-corrected chi connectivity index (χ1v) is 8.01. The van der Waals surface area contributed by atoms with Gasteiger partial charge in [-0.1, -0.05) is 42.1 Å². The van der Waals surface area contributed by atoms with Crippen molar-refractivity contribution >= 4 is 34.0 Å². The molecule has 4 nitrogen and oxygen atoms in total. The minimum atomic E-state index is -0.264. The number of thioether (sulfide) groups is 1. The summed E-state index contributed by atoms with van der Waals surface area (Å²) in [4.78, 5) is 3.00. The van der Waals surface area contributed by atoms with E-state index in [9.17, 15) is 4.39 Å². The molecule has 0 aliphatic carbocycles. The number of aromatic amines is 1. The number of amidine groups is 1. The summed E-state index contributed by atoms with van der Waals surface area (Å²) in [7, 11) is 0. The smallest absolute Gasteiger partial charge is 0.180 e. The monoisotopic (exact) mass is 326 g/mol. The number of benzene rings is 2. The molecule has 0 atom stereocenters. The van der Waals surface area contributed by atoms with Crippen LogP contribution in [0.5, 0.6) is 0 Å². The highest BCUT2D eigenvalue weighted by molar-refractivity contribution is 8.13. The van der Waals surface area contributed by atoms with Crippen molar-refractivity contribution in [3.63, 3.8) is 0 Å². The molecular weight excluding hydrogens is 311 g/mol. The molecule has 0 saturated heterocycles. The standard InChI is InChI=1S/C17H15FN4S/c18-15-7-6-13(16-14(15)8-9-20-16)10-21-22-17(19)23-11-12-4-2-1-3-5-12/h1-10,20H,11H2,(H2,19,22). The maximum atomic E-state index is 13.6. The fourth-order valence-electron chi connectivity index (χ4n) is 2.16. The Bertz CT molecular complexity index is 855. The van der Waals surface area contributed by atoms with Crippen LogP contribution in [0.4, 0.5) is 4.39 Å². The summed E-state index contributed by atoms with van der Waals surface area (Å²) in [5.41, 5.74) is 8.46. The SMILES string of the molecule is NC(=NN=Cc1ccc(F)c2cc[nH]c12)SCc1ccccc1. The molecule has 0 fully saturated rings. The number of fused-ring (bicyclic) bond motifs is 1. The third-order valence-corrected chi connectivity index (χ3v) is 4.14. The summed E-state index contributed by atoms with van der Waals surface area (Å²) >= 11 is 1.42. The second-order valence-corrected chi connectivity index (χ2v) is 5.86. The third-order valence-electron chi connectivity index (χ3n) is 3.28. The normalized spacial score (nSPS) is 12.3. The van der Waals surface area contributed by atoms with E-state index in [2.05, 4.69) is 15.2 Å². The Balaban J connectivity index is 1.67. The zero-order valence-corrected chi connectivity index (χ0v) is 13.1. The zero-order chi connectivity index (χ0) is 16.1. The van der Waals surface area contributed by atoms with Gasteiger partial charge in [0.2, 0.25) is 0 Å². The van der Waals surface area contributed by atoms with E-state index in [4.69, 9.17) is 5.73 Å². The van der Waals surface area contributed by atoms with Gasteiger partial charge in [0.1, 0.15) is 5.82 Å². The largest absolute Gasteiger partial charge is 0.377 e. The lowest BCUT2D eigenvalue weighted by molar-refractivity contribution is 0.640. The second-order valence-electron chi connectivity index (χ2n) is 4.86. The highest BCUT2D eigenvalue weighted by Crippen LogP contribution is 2.19. The first kappa shape index (κ1) is 15.3. The highest BCUT2D eigenvalue weighted by Gasteiger charge is 2.04. The first-order valence-electron chi connectivity index (χ1n) is 7.03. The van der Waals surface area contributed by atoms with Gasteiger partial charge in [0.05, 0.1) is 11.7 Å². The van der Waals surface area contributed by atoms with Crippen LogP contribution in [0.1, 0.15) is 11.1 Å². The maximum absolute atomic E-state index is 13.6. The van der Waals surface area contributed by atoms with Gasteiger partial charge in [0.25, 0.3) is 0 Å². The van der Waals surface area contributed by atoms with Gasteiger partial charge < -0.3 is 10.7 Å². The van der Waals surface area contributed by atoms with Gasteiger partial charge in [0, 0.05) is 22.9 Å². The lowest BCUT2D eigenvalue weighted by Gasteiger charge is -1.99. The van der Waals surface area contributed by atoms with Crippen LogP contribution < -0.4 is 5.73 Å². The maximum Gasteiger partial charge on any atom is 0.180 e. The van der Waals surface area contributed by atoms with E-state index in [0.717, 1.165) is 11.3 Å². The molecule has 0 unspecified atom stereocenters. The highest BCUT2D eigenvalue weighted by atomic mass is 32.2. The Morgan fingerprint density at radius 2 is 2.00 bits per heavy atom. The summed E-state index contributed by atoms with van der Waals surface area (Å²) in [6.07, 6.45) is 3.26.